The number of benzene rings is 2. The van der Waals surface area contributed by atoms with Crippen LogP contribution in [0.1, 0.15) is 28.7 Å². The normalized spacial score (nSPS) is 17.5. The highest BCUT2D eigenvalue weighted by Crippen LogP contribution is 2.59. The number of rotatable bonds is 4. The van der Waals surface area contributed by atoms with E-state index in [9.17, 15) is 4.79 Å². The Morgan fingerprint density at radius 2 is 1.65 bits per heavy atom. The van der Waals surface area contributed by atoms with Gasteiger partial charge in [-0.15, -0.1) is 0 Å². The van der Waals surface area contributed by atoms with Crippen molar-refractivity contribution in [1.82, 2.24) is 4.98 Å². The van der Waals surface area contributed by atoms with E-state index in [0.29, 0.717) is 0 Å². The topological polar surface area (TPSA) is 42.0 Å². The minimum atomic E-state index is -0.246. The zero-order valence-corrected chi connectivity index (χ0v) is 15.1. The zero-order valence-electron chi connectivity index (χ0n) is 15.1. The first kappa shape index (κ1) is 16.5. The Kier molecular flexibility index (Phi) is 4.08. The van der Waals surface area contributed by atoms with Crippen molar-refractivity contribution in [3.63, 3.8) is 0 Å². The molecule has 130 valence electrons. The second kappa shape index (κ2) is 6.41. The second-order valence-corrected chi connectivity index (χ2v) is 7.20. The van der Waals surface area contributed by atoms with E-state index in [2.05, 4.69) is 72.7 Å². The van der Waals surface area contributed by atoms with Crippen LogP contribution in [0, 0.1) is 19.8 Å². The van der Waals surface area contributed by atoms with E-state index >= 15 is 0 Å². The lowest BCUT2D eigenvalue weighted by atomic mass is 9.84. The highest BCUT2D eigenvalue weighted by molar-refractivity contribution is 5.96. The lowest BCUT2D eigenvalue weighted by molar-refractivity contribution is -0.117. The first-order chi connectivity index (χ1) is 12.6. The molecule has 1 heterocycles. The van der Waals surface area contributed by atoms with Gasteiger partial charge in [0.1, 0.15) is 0 Å². The molecule has 2 aromatic carbocycles. The van der Waals surface area contributed by atoms with Gasteiger partial charge in [-0.2, -0.15) is 0 Å². The molecule has 3 nitrogen and oxygen atoms in total. The van der Waals surface area contributed by atoms with E-state index in [1.165, 1.54) is 22.3 Å². The third-order valence-corrected chi connectivity index (χ3v) is 5.27. The molecule has 0 aliphatic heterocycles. The standard InChI is InChI=1S/C23H22N2O/c1-16-6-3-8-18(12-16)23(19-9-4-7-17(2)13-19)14-21(23)22(26)25-20-10-5-11-24-15-20/h3-13,15,21H,14H2,1-2H3,(H,25,26)/t21-/m1/s1. The number of hydrogen-bond donors (Lipinski definition) is 1. The molecule has 1 fully saturated rings. The fraction of sp³-hybridized carbons (Fsp3) is 0.217. The predicted octanol–water partition coefficient (Wildman–Crippen LogP) is 4.64. The van der Waals surface area contributed by atoms with Gasteiger partial charge >= 0.3 is 0 Å². The van der Waals surface area contributed by atoms with E-state index in [4.69, 9.17) is 0 Å². The number of anilines is 1. The number of nitrogens with one attached hydrogen (secondary N) is 1. The van der Waals surface area contributed by atoms with Crippen molar-refractivity contribution in [2.24, 2.45) is 5.92 Å². The molecule has 0 bridgehead atoms. The Morgan fingerprint density at radius 1 is 1.00 bits per heavy atom. The van der Waals surface area contributed by atoms with Crippen molar-refractivity contribution in [2.45, 2.75) is 25.7 Å². The smallest absolute Gasteiger partial charge is 0.228 e. The summed E-state index contributed by atoms with van der Waals surface area (Å²) >= 11 is 0. The van der Waals surface area contributed by atoms with E-state index in [0.717, 1.165) is 12.1 Å². The maximum Gasteiger partial charge on any atom is 0.228 e. The van der Waals surface area contributed by atoms with Crippen molar-refractivity contribution in [2.75, 3.05) is 5.32 Å². The SMILES string of the molecule is Cc1cccc(C2(c3cccc(C)c3)C[C@@H]2C(=O)Nc2cccnc2)c1. The number of aromatic nitrogens is 1. The van der Waals surface area contributed by atoms with Crippen LogP contribution in [-0.2, 0) is 10.2 Å². The lowest BCUT2D eigenvalue weighted by Crippen LogP contribution is -2.22. The molecular formula is C23H22N2O. The van der Waals surface area contributed by atoms with Gasteiger partial charge in [0.05, 0.1) is 17.8 Å². The summed E-state index contributed by atoms with van der Waals surface area (Å²) in [5, 5.41) is 3.03. The molecule has 1 saturated carbocycles. The van der Waals surface area contributed by atoms with Gasteiger partial charge in [0.2, 0.25) is 5.91 Å². The van der Waals surface area contributed by atoms with Crippen LogP contribution < -0.4 is 5.32 Å². The summed E-state index contributed by atoms with van der Waals surface area (Å²) in [6.07, 6.45) is 4.21. The predicted molar refractivity (Wildman–Crippen MR) is 104 cm³/mol. The molecule has 3 heteroatoms. The van der Waals surface area contributed by atoms with Crippen molar-refractivity contribution in [1.29, 1.82) is 0 Å². The van der Waals surface area contributed by atoms with Crippen LogP contribution in [0.4, 0.5) is 5.69 Å². The lowest BCUT2D eigenvalue weighted by Gasteiger charge is -2.20. The van der Waals surface area contributed by atoms with Gasteiger partial charge in [0, 0.05) is 11.6 Å². The number of aryl methyl sites for hydroxylation is 2. The number of amides is 1. The Morgan fingerprint density at radius 3 is 2.19 bits per heavy atom. The molecule has 1 aliphatic carbocycles. The first-order valence-electron chi connectivity index (χ1n) is 8.95. The summed E-state index contributed by atoms with van der Waals surface area (Å²) in [5.74, 6) is -0.0210. The molecule has 3 aromatic rings. The third-order valence-electron chi connectivity index (χ3n) is 5.27. The fourth-order valence-electron chi connectivity index (χ4n) is 3.90. The average molecular weight is 342 g/mol. The highest BCUT2D eigenvalue weighted by atomic mass is 16.2. The molecule has 0 spiro atoms. The van der Waals surface area contributed by atoms with E-state index in [-0.39, 0.29) is 17.2 Å². The Bertz CT molecular complexity index is 904. The maximum atomic E-state index is 13.0. The molecule has 1 aliphatic rings. The Labute approximate surface area is 154 Å². The van der Waals surface area contributed by atoms with Crippen LogP contribution in [0.25, 0.3) is 0 Å². The van der Waals surface area contributed by atoms with Gasteiger partial charge < -0.3 is 5.32 Å². The van der Waals surface area contributed by atoms with Gasteiger partial charge in [-0.05, 0) is 43.5 Å². The van der Waals surface area contributed by atoms with E-state index in [1.54, 1.807) is 12.4 Å². The molecule has 1 N–H and O–H groups in total. The molecule has 26 heavy (non-hydrogen) atoms. The van der Waals surface area contributed by atoms with Crippen LogP contribution in [0.5, 0.6) is 0 Å². The molecule has 1 amide bonds. The monoisotopic (exact) mass is 342 g/mol. The van der Waals surface area contributed by atoms with Crippen LogP contribution in [0.2, 0.25) is 0 Å². The summed E-state index contributed by atoms with van der Waals surface area (Å²) < 4.78 is 0. The third kappa shape index (κ3) is 2.90. The van der Waals surface area contributed by atoms with Gasteiger partial charge in [-0.1, -0.05) is 59.7 Å². The summed E-state index contributed by atoms with van der Waals surface area (Å²) in [6.45, 7) is 4.20. The van der Waals surface area contributed by atoms with Crippen LogP contribution in [0.3, 0.4) is 0 Å². The number of carbonyl (C=O) groups excluding carboxylic acids is 1. The van der Waals surface area contributed by atoms with Crippen molar-refractivity contribution >= 4 is 11.6 Å². The highest BCUT2D eigenvalue weighted by Gasteiger charge is 2.60. The van der Waals surface area contributed by atoms with E-state index < -0.39 is 0 Å². The van der Waals surface area contributed by atoms with Crippen LogP contribution in [-0.4, -0.2) is 10.9 Å². The average Bonchev–Trinajstić information content (AvgIpc) is 3.40. The number of carbonyl (C=O) groups is 1. The number of hydrogen-bond acceptors (Lipinski definition) is 2. The molecular weight excluding hydrogens is 320 g/mol. The summed E-state index contributed by atoms with van der Waals surface area (Å²) in [6, 6.07) is 20.8. The summed E-state index contributed by atoms with van der Waals surface area (Å²) in [7, 11) is 0. The largest absolute Gasteiger partial charge is 0.324 e. The van der Waals surface area contributed by atoms with Gasteiger partial charge in [-0.25, -0.2) is 0 Å². The van der Waals surface area contributed by atoms with Gasteiger partial charge in [0.15, 0.2) is 0 Å². The fourth-order valence-corrected chi connectivity index (χ4v) is 3.90. The van der Waals surface area contributed by atoms with Crippen LogP contribution in [0.15, 0.2) is 73.1 Å². The molecule has 0 saturated heterocycles. The Balaban J connectivity index is 1.71. The zero-order chi connectivity index (χ0) is 18.1. The molecule has 0 radical (unpaired) electrons. The van der Waals surface area contributed by atoms with Crippen molar-refractivity contribution in [3.8, 4) is 0 Å². The molecule has 1 atom stereocenters. The quantitative estimate of drug-likeness (QED) is 0.750. The van der Waals surface area contributed by atoms with Crippen molar-refractivity contribution in [3.05, 3.63) is 95.3 Å². The first-order valence-corrected chi connectivity index (χ1v) is 8.95. The van der Waals surface area contributed by atoms with Gasteiger partial charge in [-0.3, -0.25) is 9.78 Å². The van der Waals surface area contributed by atoms with Crippen molar-refractivity contribution < 1.29 is 4.79 Å². The summed E-state index contributed by atoms with van der Waals surface area (Å²) in [5.41, 5.74) is 5.36. The number of pyridine rings is 1. The summed E-state index contributed by atoms with van der Waals surface area (Å²) in [4.78, 5) is 17.0. The minimum absolute atomic E-state index is 0.0565. The molecule has 0 unspecified atom stereocenters. The van der Waals surface area contributed by atoms with E-state index in [1.807, 2.05) is 12.1 Å². The molecule has 1 aromatic heterocycles. The number of nitrogens with zero attached hydrogens (tertiary/aromatic N) is 1. The molecule has 4 rings (SSSR count). The maximum absolute atomic E-state index is 13.0. The second-order valence-electron chi connectivity index (χ2n) is 7.20. The minimum Gasteiger partial charge on any atom is -0.324 e. The van der Waals surface area contributed by atoms with Crippen LogP contribution >= 0.6 is 0 Å². The Hall–Kier alpha value is -2.94. The van der Waals surface area contributed by atoms with Gasteiger partial charge in [0.25, 0.3) is 0 Å².